The molecule has 0 fully saturated rings. The Labute approximate surface area is 111 Å². The maximum Gasteiger partial charge on any atom is 0.141 e. The lowest BCUT2D eigenvalue weighted by atomic mass is 10.2. The van der Waals surface area contributed by atoms with Crippen molar-refractivity contribution < 1.29 is 4.39 Å². The fourth-order valence-corrected chi connectivity index (χ4v) is 1.87. The maximum absolute atomic E-state index is 13.1. The second-order valence-corrected chi connectivity index (χ2v) is 4.36. The van der Waals surface area contributed by atoms with Crippen LogP contribution in [-0.4, -0.2) is 14.1 Å². The van der Waals surface area contributed by atoms with Crippen molar-refractivity contribution in [2.75, 3.05) is 24.3 Å². The lowest BCUT2D eigenvalue weighted by Crippen LogP contribution is -2.09. The van der Waals surface area contributed by atoms with Crippen LogP contribution in [0.15, 0.2) is 42.5 Å². The van der Waals surface area contributed by atoms with Crippen LogP contribution >= 0.6 is 11.6 Å². The second-order valence-electron chi connectivity index (χ2n) is 3.95. The van der Waals surface area contributed by atoms with E-state index in [0.29, 0.717) is 0 Å². The van der Waals surface area contributed by atoms with Gasteiger partial charge in [0.25, 0.3) is 0 Å². The molecule has 0 spiro atoms. The first-order valence-electron chi connectivity index (χ1n) is 5.58. The summed E-state index contributed by atoms with van der Waals surface area (Å²) in [6.45, 7) is 0. The van der Waals surface area contributed by atoms with Crippen molar-refractivity contribution in [1.29, 1.82) is 0 Å². The van der Waals surface area contributed by atoms with E-state index in [4.69, 9.17) is 11.6 Å². The van der Waals surface area contributed by atoms with Gasteiger partial charge in [-0.15, -0.1) is 0 Å². The van der Waals surface area contributed by atoms with Gasteiger partial charge < -0.3 is 10.2 Å². The fraction of sp³-hybridized carbons (Fsp3) is 0.143. The number of nitrogens with one attached hydrogen (secondary N) is 1. The van der Waals surface area contributed by atoms with E-state index in [9.17, 15) is 4.39 Å². The van der Waals surface area contributed by atoms with Crippen molar-refractivity contribution in [3.8, 4) is 0 Å². The molecule has 0 aliphatic rings. The van der Waals surface area contributed by atoms with Crippen LogP contribution in [0.25, 0.3) is 0 Å². The molecule has 18 heavy (non-hydrogen) atoms. The number of nitrogens with zero attached hydrogens (tertiary/aromatic N) is 1. The molecule has 1 N–H and O–H groups in total. The van der Waals surface area contributed by atoms with Crippen LogP contribution in [0.1, 0.15) is 0 Å². The smallest absolute Gasteiger partial charge is 0.141 e. The first kappa shape index (κ1) is 12.7. The monoisotopic (exact) mass is 264 g/mol. The summed E-state index contributed by atoms with van der Waals surface area (Å²) in [7, 11) is 3.79. The third kappa shape index (κ3) is 2.57. The minimum atomic E-state index is -0.403. The molecule has 0 amide bonds. The summed E-state index contributed by atoms with van der Waals surface area (Å²) >= 11 is 5.78. The average Bonchev–Trinajstić information content (AvgIpc) is 2.41. The fourth-order valence-electron chi connectivity index (χ4n) is 1.69. The van der Waals surface area contributed by atoms with Crippen molar-refractivity contribution >= 4 is 28.7 Å². The molecule has 4 heteroatoms. The maximum atomic E-state index is 13.1. The molecule has 0 bridgehead atoms. The van der Waals surface area contributed by atoms with E-state index in [2.05, 4.69) is 5.32 Å². The highest BCUT2D eigenvalue weighted by Crippen LogP contribution is 2.28. The van der Waals surface area contributed by atoms with Gasteiger partial charge in [-0.1, -0.05) is 11.6 Å². The van der Waals surface area contributed by atoms with Gasteiger partial charge in [-0.05, 0) is 42.5 Å². The van der Waals surface area contributed by atoms with E-state index in [0.717, 1.165) is 17.1 Å². The van der Waals surface area contributed by atoms with E-state index >= 15 is 0 Å². The van der Waals surface area contributed by atoms with Crippen molar-refractivity contribution in [2.45, 2.75) is 0 Å². The Morgan fingerprint density at radius 1 is 1.06 bits per heavy atom. The highest BCUT2D eigenvalue weighted by Gasteiger charge is 2.06. The molecule has 94 valence electrons. The number of benzene rings is 2. The van der Waals surface area contributed by atoms with Crippen molar-refractivity contribution in [2.24, 2.45) is 0 Å². The van der Waals surface area contributed by atoms with Gasteiger partial charge in [0.2, 0.25) is 0 Å². The van der Waals surface area contributed by atoms with Crippen LogP contribution < -0.4 is 10.2 Å². The Kier molecular flexibility index (Phi) is 3.72. The average molecular weight is 265 g/mol. The van der Waals surface area contributed by atoms with Crippen LogP contribution in [0.5, 0.6) is 0 Å². The molecule has 0 radical (unpaired) electrons. The third-order valence-corrected chi connectivity index (χ3v) is 3.12. The highest BCUT2D eigenvalue weighted by atomic mass is 35.5. The van der Waals surface area contributed by atoms with Gasteiger partial charge in [0.15, 0.2) is 0 Å². The van der Waals surface area contributed by atoms with Crippen molar-refractivity contribution in [3.63, 3.8) is 0 Å². The van der Waals surface area contributed by atoms with Gasteiger partial charge >= 0.3 is 0 Å². The molecule has 0 atom stereocenters. The second kappa shape index (κ2) is 5.27. The molecule has 2 aromatic rings. The third-order valence-electron chi connectivity index (χ3n) is 2.83. The summed E-state index contributed by atoms with van der Waals surface area (Å²) in [6.07, 6.45) is 0. The molecule has 0 aliphatic heterocycles. The summed E-state index contributed by atoms with van der Waals surface area (Å²) < 4.78 is 13.1. The lowest BCUT2D eigenvalue weighted by molar-refractivity contribution is 0.628. The number of hydrogen-bond acceptors (Lipinski definition) is 2. The van der Waals surface area contributed by atoms with Gasteiger partial charge in [0, 0.05) is 31.2 Å². The molecule has 0 aromatic heterocycles. The zero-order chi connectivity index (χ0) is 13.1. The molecule has 2 aromatic carbocycles. The van der Waals surface area contributed by atoms with Crippen molar-refractivity contribution in [1.82, 2.24) is 0 Å². The molecule has 0 saturated heterocycles. The Morgan fingerprint density at radius 3 is 2.22 bits per heavy atom. The zero-order valence-corrected chi connectivity index (χ0v) is 11.0. The SMILES string of the molecule is CNc1ccc(N(C)c2ccc(F)c(Cl)c2)cc1. The number of halogens is 2. The Morgan fingerprint density at radius 2 is 1.67 bits per heavy atom. The summed E-state index contributed by atoms with van der Waals surface area (Å²) in [5.74, 6) is -0.403. The largest absolute Gasteiger partial charge is 0.388 e. The van der Waals surface area contributed by atoms with Crippen molar-refractivity contribution in [3.05, 3.63) is 53.3 Å². The topological polar surface area (TPSA) is 15.3 Å². The molecule has 0 aliphatic carbocycles. The number of anilines is 3. The summed E-state index contributed by atoms with van der Waals surface area (Å²) in [5.41, 5.74) is 2.90. The Balaban J connectivity index is 2.28. The first-order chi connectivity index (χ1) is 8.61. The van der Waals surface area contributed by atoms with Crippen LogP contribution in [0, 0.1) is 5.82 Å². The van der Waals surface area contributed by atoms with Gasteiger partial charge in [0.1, 0.15) is 5.82 Å². The minimum absolute atomic E-state index is 0.131. The van der Waals surface area contributed by atoms with Gasteiger partial charge in [-0.25, -0.2) is 4.39 Å². The lowest BCUT2D eigenvalue weighted by Gasteiger charge is -2.20. The van der Waals surface area contributed by atoms with E-state index in [1.54, 1.807) is 12.1 Å². The normalized spacial score (nSPS) is 10.2. The highest BCUT2D eigenvalue weighted by molar-refractivity contribution is 6.31. The number of rotatable bonds is 3. The minimum Gasteiger partial charge on any atom is -0.388 e. The van der Waals surface area contributed by atoms with E-state index in [1.165, 1.54) is 6.07 Å². The Bertz CT molecular complexity index is 540. The zero-order valence-electron chi connectivity index (χ0n) is 10.2. The first-order valence-corrected chi connectivity index (χ1v) is 5.96. The van der Waals surface area contributed by atoms with Crippen LogP contribution in [0.4, 0.5) is 21.5 Å². The van der Waals surface area contributed by atoms with Crippen LogP contribution in [0.2, 0.25) is 5.02 Å². The van der Waals surface area contributed by atoms with E-state index < -0.39 is 5.82 Å². The molecule has 2 rings (SSSR count). The van der Waals surface area contributed by atoms with Crippen LogP contribution in [0.3, 0.4) is 0 Å². The van der Waals surface area contributed by atoms with E-state index in [-0.39, 0.29) is 5.02 Å². The molecule has 0 heterocycles. The Hall–Kier alpha value is -1.74. The summed E-state index contributed by atoms with van der Waals surface area (Å²) in [5, 5.41) is 3.19. The quantitative estimate of drug-likeness (QED) is 0.890. The van der Waals surface area contributed by atoms with E-state index in [1.807, 2.05) is 43.3 Å². The molecule has 2 nitrogen and oxygen atoms in total. The molecule has 0 unspecified atom stereocenters. The predicted octanol–water partition coefficient (Wildman–Crippen LogP) is 4.29. The number of hydrogen-bond donors (Lipinski definition) is 1. The van der Waals surface area contributed by atoms with Crippen LogP contribution in [-0.2, 0) is 0 Å². The summed E-state index contributed by atoms with van der Waals surface area (Å²) in [6, 6.07) is 12.6. The predicted molar refractivity (Wildman–Crippen MR) is 75.5 cm³/mol. The molecular formula is C14H14ClFN2. The van der Waals surface area contributed by atoms with Gasteiger partial charge in [-0.3, -0.25) is 0 Å². The molecular weight excluding hydrogens is 251 g/mol. The standard InChI is InChI=1S/C14H14ClFN2/c1-17-10-3-5-11(6-4-10)18(2)12-7-8-14(16)13(15)9-12/h3-9,17H,1-2H3. The molecule has 0 saturated carbocycles. The summed E-state index contributed by atoms with van der Waals surface area (Å²) in [4.78, 5) is 1.95. The van der Waals surface area contributed by atoms with Gasteiger partial charge in [-0.2, -0.15) is 0 Å². The van der Waals surface area contributed by atoms with Gasteiger partial charge in [0.05, 0.1) is 5.02 Å².